The van der Waals surface area contributed by atoms with Crippen LogP contribution in [0.3, 0.4) is 0 Å². The molecule has 1 atom stereocenters. The average Bonchev–Trinajstić information content (AvgIpc) is 2.38. The number of rotatable bonds is 13. The van der Waals surface area contributed by atoms with Crippen molar-refractivity contribution in [1.29, 1.82) is 0 Å². The van der Waals surface area contributed by atoms with Gasteiger partial charge in [-0.1, -0.05) is 59.3 Å². The van der Waals surface area contributed by atoms with E-state index in [-0.39, 0.29) is 23.9 Å². The lowest BCUT2D eigenvalue weighted by Crippen LogP contribution is -2.17. The minimum absolute atomic E-state index is 0.118. The van der Waals surface area contributed by atoms with E-state index in [0.29, 0.717) is 6.42 Å². The molecular weight excluding hydrogens is 236 g/mol. The van der Waals surface area contributed by atoms with Crippen molar-refractivity contribution in [3.05, 3.63) is 0 Å². The summed E-state index contributed by atoms with van der Waals surface area (Å²) in [5.74, 6) is 0.412. The molecule has 0 aliphatic rings. The molecule has 0 N–H and O–H groups in total. The predicted molar refractivity (Wildman–Crippen MR) is 81.3 cm³/mol. The summed E-state index contributed by atoms with van der Waals surface area (Å²) in [6, 6.07) is 0. The number of carbonyl (C=O) groups excluding carboxylic acids is 2. The summed E-state index contributed by atoms with van der Waals surface area (Å²) >= 11 is 0. The van der Waals surface area contributed by atoms with Gasteiger partial charge in [0.2, 0.25) is 0 Å². The zero-order valence-corrected chi connectivity index (χ0v) is 13.2. The van der Waals surface area contributed by atoms with Gasteiger partial charge in [0.15, 0.2) is 0 Å². The van der Waals surface area contributed by atoms with Crippen LogP contribution in [0.2, 0.25) is 0 Å². The molecule has 19 heavy (non-hydrogen) atoms. The van der Waals surface area contributed by atoms with Crippen molar-refractivity contribution < 1.29 is 9.59 Å². The van der Waals surface area contributed by atoms with Crippen molar-refractivity contribution in [3.63, 3.8) is 0 Å². The summed E-state index contributed by atoms with van der Waals surface area (Å²) in [7, 11) is 0. The first-order chi connectivity index (χ1) is 9.15. The van der Waals surface area contributed by atoms with Gasteiger partial charge in [0.25, 0.3) is 0 Å². The van der Waals surface area contributed by atoms with E-state index in [1.165, 1.54) is 32.1 Å². The Morgan fingerprint density at radius 1 is 0.842 bits per heavy atom. The molecule has 0 saturated carbocycles. The lowest BCUT2D eigenvalue weighted by molar-refractivity contribution is -0.129. The third-order valence-electron chi connectivity index (χ3n) is 3.75. The van der Waals surface area contributed by atoms with Crippen molar-refractivity contribution in [3.8, 4) is 0 Å². The molecule has 0 amide bonds. The minimum atomic E-state index is 0.118. The molecule has 112 valence electrons. The van der Waals surface area contributed by atoms with Crippen LogP contribution in [0.25, 0.3) is 0 Å². The van der Waals surface area contributed by atoms with Crippen LogP contribution < -0.4 is 0 Å². The van der Waals surface area contributed by atoms with E-state index >= 15 is 0 Å². The molecule has 0 fully saturated rings. The molecule has 0 aromatic heterocycles. The first-order valence-corrected chi connectivity index (χ1v) is 8.20. The van der Waals surface area contributed by atoms with Gasteiger partial charge in [-0.2, -0.15) is 0 Å². The van der Waals surface area contributed by atoms with Gasteiger partial charge in [0, 0.05) is 12.3 Å². The van der Waals surface area contributed by atoms with E-state index in [2.05, 4.69) is 13.8 Å². The molecule has 0 aromatic carbocycles. The Bertz CT molecular complexity index is 246. The Labute approximate surface area is 119 Å². The summed E-state index contributed by atoms with van der Waals surface area (Å²) in [4.78, 5) is 23.5. The van der Waals surface area contributed by atoms with Crippen LogP contribution in [0.4, 0.5) is 0 Å². The highest BCUT2D eigenvalue weighted by atomic mass is 16.1. The normalized spacial score (nSPS) is 12.4. The number of Topliss-reactive ketones (excluding diaryl/α,β-unsaturated/α-hetero) is 2. The number of hydrogen-bond donors (Lipinski definition) is 0. The second kappa shape index (κ2) is 12.4. The fourth-order valence-corrected chi connectivity index (χ4v) is 2.47. The molecule has 0 rings (SSSR count). The Balaban J connectivity index is 3.80. The fourth-order valence-electron chi connectivity index (χ4n) is 2.47. The maximum absolute atomic E-state index is 12.0. The Morgan fingerprint density at radius 3 is 2.05 bits per heavy atom. The smallest absolute Gasteiger partial charge is 0.143 e. The van der Waals surface area contributed by atoms with E-state index in [9.17, 15) is 9.59 Å². The zero-order chi connectivity index (χ0) is 14.5. The van der Waals surface area contributed by atoms with Crippen molar-refractivity contribution in [1.82, 2.24) is 0 Å². The van der Waals surface area contributed by atoms with Gasteiger partial charge in [-0.15, -0.1) is 0 Å². The number of ketones is 2. The fraction of sp³-hybridized carbons (Fsp3) is 0.882. The molecule has 0 heterocycles. The van der Waals surface area contributed by atoms with Gasteiger partial charge in [0.05, 0.1) is 6.42 Å². The minimum Gasteiger partial charge on any atom is -0.299 e. The van der Waals surface area contributed by atoms with E-state index in [0.717, 1.165) is 25.7 Å². The highest BCUT2D eigenvalue weighted by molar-refractivity contribution is 6.00. The molecule has 0 bridgehead atoms. The van der Waals surface area contributed by atoms with Crippen molar-refractivity contribution in [2.45, 2.75) is 91.4 Å². The Hall–Kier alpha value is -0.660. The first-order valence-electron chi connectivity index (χ1n) is 8.20. The van der Waals surface area contributed by atoms with E-state index in [1.54, 1.807) is 0 Å². The largest absolute Gasteiger partial charge is 0.299 e. The van der Waals surface area contributed by atoms with E-state index in [1.807, 2.05) is 6.92 Å². The standard InChI is InChI=1S/C17H32O2/c1-4-7-8-9-10-11-13-15(6-3)17(19)14-16(18)12-5-2/h15H,4-14H2,1-3H3. The van der Waals surface area contributed by atoms with Gasteiger partial charge in [-0.05, 0) is 19.3 Å². The molecule has 0 saturated heterocycles. The molecular formula is C17H32O2. The van der Waals surface area contributed by atoms with Crippen LogP contribution in [-0.2, 0) is 9.59 Å². The quantitative estimate of drug-likeness (QED) is 0.344. The Morgan fingerprint density at radius 2 is 1.47 bits per heavy atom. The van der Waals surface area contributed by atoms with E-state index in [4.69, 9.17) is 0 Å². The Kier molecular flexibility index (Phi) is 11.9. The summed E-state index contributed by atoms with van der Waals surface area (Å²) in [5.41, 5.74) is 0. The van der Waals surface area contributed by atoms with Gasteiger partial charge in [0.1, 0.15) is 11.6 Å². The lowest BCUT2D eigenvalue weighted by atomic mass is 9.91. The van der Waals surface area contributed by atoms with Crippen LogP contribution >= 0.6 is 0 Å². The second-order valence-corrected chi connectivity index (χ2v) is 5.59. The van der Waals surface area contributed by atoms with Crippen LogP contribution in [0.5, 0.6) is 0 Å². The third kappa shape index (κ3) is 9.86. The van der Waals surface area contributed by atoms with Crippen LogP contribution in [0, 0.1) is 5.92 Å². The maximum Gasteiger partial charge on any atom is 0.143 e. The topological polar surface area (TPSA) is 34.1 Å². The average molecular weight is 268 g/mol. The number of hydrogen-bond acceptors (Lipinski definition) is 2. The van der Waals surface area contributed by atoms with E-state index < -0.39 is 0 Å². The second-order valence-electron chi connectivity index (χ2n) is 5.59. The summed E-state index contributed by atoms with van der Waals surface area (Å²) in [6.45, 7) is 6.26. The van der Waals surface area contributed by atoms with Crippen molar-refractivity contribution >= 4 is 11.6 Å². The van der Waals surface area contributed by atoms with Crippen molar-refractivity contribution in [2.24, 2.45) is 5.92 Å². The van der Waals surface area contributed by atoms with Gasteiger partial charge in [-0.3, -0.25) is 9.59 Å². The number of unbranched alkanes of at least 4 members (excludes halogenated alkanes) is 5. The lowest BCUT2D eigenvalue weighted by Gasteiger charge is -2.13. The molecule has 0 aromatic rings. The van der Waals surface area contributed by atoms with Crippen molar-refractivity contribution in [2.75, 3.05) is 0 Å². The summed E-state index contributed by atoms with van der Waals surface area (Å²) < 4.78 is 0. The SMILES string of the molecule is CCCCCCCCC(CC)C(=O)CC(=O)CCC. The van der Waals surface area contributed by atoms with Gasteiger partial charge >= 0.3 is 0 Å². The van der Waals surface area contributed by atoms with Gasteiger partial charge in [-0.25, -0.2) is 0 Å². The third-order valence-corrected chi connectivity index (χ3v) is 3.75. The predicted octanol–water partition coefficient (Wildman–Crippen LogP) is 5.09. The molecule has 2 heteroatoms. The monoisotopic (exact) mass is 268 g/mol. The molecule has 0 aliphatic heterocycles. The molecule has 0 aliphatic carbocycles. The zero-order valence-electron chi connectivity index (χ0n) is 13.2. The van der Waals surface area contributed by atoms with Crippen LogP contribution in [0.1, 0.15) is 91.4 Å². The summed E-state index contributed by atoms with van der Waals surface area (Å²) in [6.07, 6.45) is 11.0. The molecule has 1 unspecified atom stereocenters. The molecule has 0 radical (unpaired) electrons. The maximum atomic E-state index is 12.0. The van der Waals surface area contributed by atoms with Gasteiger partial charge < -0.3 is 0 Å². The summed E-state index contributed by atoms with van der Waals surface area (Å²) in [5, 5.41) is 0. The van der Waals surface area contributed by atoms with Crippen LogP contribution in [-0.4, -0.2) is 11.6 Å². The first kappa shape index (κ1) is 18.3. The van der Waals surface area contributed by atoms with Crippen LogP contribution in [0.15, 0.2) is 0 Å². The highest BCUT2D eigenvalue weighted by Crippen LogP contribution is 2.18. The molecule has 2 nitrogen and oxygen atoms in total. The molecule has 0 spiro atoms. The highest BCUT2D eigenvalue weighted by Gasteiger charge is 2.18. The number of carbonyl (C=O) groups is 2.